The summed E-state index contributed by atoms with van der Waals surface area (Å²) < 4.78 is 0.981. The summed E-state index contributed by atoms with van der Waals surface area (Å²) in [6.07, 6.45) is 1.76. The van der Waals surface area contributed by atoms with Crippen LogP contribution in [0.3, 0.4) is 0 Å². The summed E-state index contributed by atoms with van der Waals surface area (Å²) in [6.45, 7) is 0.452. The summed E-state index contributed by atoms with van der Waals surface area (Å²) in [5, 5.41) is 0. The van der Waals surface area contributed by atoms with Gasteiger partial charge in [-0.2, -0.15) is 0 Å². The first-order valence-electron chi connectivity index (χ1n) is 4.91. The number of halogens is 1. The van der Waals surface area contributed by atoms with E-state index in [1.54, 1.807) is 6.20 Å². The lowest BCUT2D eigenvalue weighted by molar-refractivity contribution is 1.05. The van der Waals surface area contributed by atoms with Crippen molar-refractivity contribution in [2.45, 2.75) is 6.54 Å². The van der Waals surface area contributed by atoms with E-state index >= 15 is 0 Å². The van der Waals surface area contributed by atoms with Crippen LogP contribution in [-0.2, 0) is 6.54 Å². The molecule has 0 saturated carbocycles. The molecule has 0 radical (unpaired) electrons. The molecule has 1 heterocycles. The van der Waals surface area contributed by atoms with Crippen LogP contribution < -0.4 is 11.5 Å². The van der Waals surface area contributed by atoms with Crippen molar-refractivity contribution in [3.05, 3.63) is 46.6 Å². The fraction of sp³-hybridized carbons (Fsp3) is 0.0833. The Kier molecular flexibility index (Phi) is 3.22. The Labute approximate surface area is 103 Å². The number of rotatable bonds is 2. The molecule has 0 atom stereocenters. The molecule has 4 N–H and O–H groups in total. The predicted octanol–water partition coefficient (Wildman–Crippen LogP) is 2.55. The number of nitrogen functional groups attached to an aromatic ring is 1. The molecule has 0 aliphatic heterocycles. The SMILES string of the molecule is NCc1cnc(-c2ccccc2Br)c(N)c1. The monoisotopic (exact) mass is 277 g/mol. The van der Waals surface area contributed by atoms with Gasteiger partial charge >= 0.3 is 0 Å². The Hall–Kier alpha value is -1.39. The van der Waals surface area contributed by atoms with Crippen molar-refractivity contribution < 1.29 is 0 Å². The zero-order chi connectivity index (χ0) is 11.5. The Bertz CT molecular complexity index is 511. The Morgan fingerprint density at radius 2 is 2.00 bits per heavy atom. The lowest BCUT2D eigenvalue weighted by Gasteiger charge is -2.08. The van der Waals surface area contributed by atoms with Crippen LogP contribution in [0.1, 0.15) is 5.56 Å². The second-order valence-corrected chi connectivity index (χ2v) is 4.32. The fourth-order valence-corrected chi connectivity index (χ4v) is 1.99. The highest BCUT2D eigenvalue weighted by Gasteiger charge is 2.07. The molecule has 2 aromatic rings. The topological polar surface area (TPSA) is 64.9 Å². The van der Waals surface area contributed by atoms with Gasteiger partial charge in [-0.1, -0.05) is 34.1 Å². The maximum Gasteiger partial charge on any atom is 0.0942 e. The molecule has 0 aliphatic carbocycles. The van der Waals surface area contributed by atoms with E-state index < -0.39 is 0 Å². The van der Waals surface area contributed by atoms with E-state index in [9.17, 15) is 0 Å². The van der Waals surface area contributed by atoms with Crippen molar-refractivity contribution in [3.63, 3.8) is 0 Å². The average Bonchev–Trinajstić information content (AvgIpc) is 2.30. The van der Waals surface area contributed by atoms with Crippen LogP contribution in [0.15, 0.2) is 41.0 Å². The highest BCUT2D eigenvalue weighted by Crippen LogP contribution is 2.30. The molecule has 0 bridgehead atoms. The third-order valence-electron chi connectivity index (χ3n) is 2.34. The van der Waals surface area contributed by atoms with Gasteiger partial charge in [0.05, 0.1) is 11.4 Å². The van der Waals surface area contributed by atoms with E-state index in [1.165, 1.54) is 0 Å². The number of nitrogens with two attached hydrogens (primary N) is 2. The number of aromatic nitrogens is 1. The smallest absolute Gasteiger partial charge is 0.0942 e. The lowest BCUT2D eigenvalue weighted by Crippen LogP contribution is -2.01. The minimum absolute atomic E-state index is 0.452. The lowest BCUT2D eigenvalue weighted by atomic mass is 10.1. The van der Waals surface area contributed by atoms with E-state index in [0.717, 1.165) is 21.3 Å². The highest BCUT2D eigenvalue weighted by atomic mass is 79.9. The van der Waals surface area contributed by atoms with Gasteiger partial charge in [-0.05, 0) is 17.7 Å². The van der Waals surface area contributed by atoms with E-state index in [0.29, 0.717) is 12.2 Å². The van der Waals surface area contributed by atoms with Crippen molar-refractivity contribution in [2.75, 3.05) is 5.73 Å². The molecular weight excluding hydrogens is 266 g/mol. The van der Waals surface area contributed by atoms with Gasteiger partial charge in [0.1, 0.15) is 0 Å². The largest absolute Gasteiger partial charge is 0.397 e. The first kappa shape index (κ1) is 11.1. The summed E-state index contributed by atoms with van der Waals surface area (Å²) in [7, 11) is 0. The molecule has 0 saturated heterocycles. The molecule has 0 fully saturated rings. The van der Waals surface area contributed by atoms with Crippen molar-refractivity contribution in [1.82, 2.24) is 4.98 Å². The van der Waals surface area contributed by atoms with Crippen LogP contribution in [0.25, 0.3) is 11.3 Å². The van der Waals surface area contributed by atoms with Crippen LogP contribution in [-0.4, -0.2) is 4.98 Å². The zero-order valence-corrected chi connectivity index (χ0v) is 10.2. The minimum Gasteiger partial charge on any atom is -0.397 e. The van der Waals surface area contributed by atoms with Crippen LogP contribution in [0.2, 0.25) is 0 Å². The molecule has 3 nitrogen and oxygen atoms in total. The van der Waals surface area contributed by atoms with Gasteiger partial charge in [0.2, 0.25) is 0 Å². The van der Waals surface area contributed by atoms with Crippen molar-refractivity contribution in [2.24, 2.45) is 5.73 Å². The molecule has 0 spiro atoms. The van der Waals surface area contributed by atoms with Gasteiger partial charge in [-0.15, -0.1) is 0 Å². The van der Waals surface area contributed by atoms with Gasteiger partial charge in [0.15, 0.2) is 0 Å². The predicted molar refractivity (Wildman–Crippen MR) is 69.7 cm³/mol. The number of anilines is 1. The second kappa shape index (κ2) is 4.63. The summed E-state index contributed by atoms with van der Waals surface area (Å²) >= 11 is 3.48. The van der Waals surface area contributed by atoms with Crippen LogP contribution in [0, 0.1) is 0 Å². The second-order valence-electron chi connectivity index (χ2n) is 3.47. The van der Waals surface area contributed by atoms with Gasteiger partial charge in [-0.25, -0.2) is 0 Å². The van der Waals surface area contributed by atoms with Crippen molar-refractivity contribution in [3.8, 4) is 11.3 Å². The minimum atomic E-state index is 0.452. The molecule has 82 valence electrons. The molecular formula is C12H12BrN3. The number of hydrogen-bond donors (Lipinski definition) is 2. The Morgan fingerprint density at radius 1 is 1.25 bits per heavy atom. The van der Waals surface area contributed by atoms with Crippen LogP contribution >= 0.6 is 15.9 Å². The summed E-state index contributed by atoms with van der Waals surface area (Å²) in [5.74, 6) is 0. The van der Waals surface area contributed by atoms with Crippen LogP contribution in [0.4, 0.5) is 5.69 Å². The normalized spacial score (nSPS) is 10.4. The van der Waals surface area contributed by atoms with Crippen molar-refractivity contribution >= 4 is 21.6 Å². The molecule has 16 heavy (non-hydrogen) atoms. The first-order valence-corrected chi connectivity index (χ1v) is 5.71. The Morgan fingerprint density at radius 3 is 2.62 bits per heavy atom. The first-order chi connectivity index (χ1) is 7.72. The third kappa shape index (κ3) is 2.08. The van der Waals surface area contributed by atoms with E-state index in [-0.39, 0.29) is 0 Å². The standard InChI is InChI=1S/C12H12BrN3/c13-10-4-2-1-3-9(10)12-11(15)5-8(6-14)7-16-12/h1-5,7H,6,14-15H2. The van der Waals surface area contributed by atoms with E-state index in [2.05, 4.69) is 20.9 Å². The zero-order valence-electron chi connectivity index (χ0n) is 8.65. The number of pyridine rings is 1. The molecule has 0 unspecified atom stereocenters. The van der Waals surface area contributed by atoms with E-state index in [4.69, 9.17) is 11.5 Å². The summed E-state index contributed by atoms with van der Waals surface area (Å²) in [5.41, 5.74) is 14.8. The van der Waals surface area contributed by atoms with Gasteiger partial charge < -0.3 is 11.5 Å². The fourth-order valence-electron chi connectivity index (χ4n) is 1.52. The Balaban J connectivity index is 2.53. The number of nitrogens with zero attached hydrogens (tertiary/aromatic N) is 1. The third-order valence-corrected chi connectivity index (χ3v) is 3.03. The van der Waals surface area contributed by atoms with Crippen LogP contribution in [0.5, 0.6) is 0 Å². The van der Waals surface area contributed by atoms with Gasteiger partial charge in [0, 0.05) is 22.8 Å². The molecule has 1 aromatic carbocycles. The van der Waals surface area contributed by atoms with E-state index in [1.807, 2.05) is 30.3 Å². The molecule has 1 aromatic heterocycles. The average molecular weight is 278 g/mol. The molecule has 0 aliphatic rings. The highest BCUT2D eigenvalue weighted by molar-refractivity contribution is 9.10. The van der Waals surface area contributed by atoms with Crippen molar-refractivity contribution in [1.29, 1.82) is 0 Å². The quantitative estimate of drug-likeness (QED) is 0.887. The summed E-state index contributed by atoms with van der Waals surface area (Å²) in [4.78, 5) is 4.35. The molecule has 4 heteroatoms. The molecule has 0 amide bonds. The number of hydrogen-bond acceptors (Lipinski definition) is 3. The summed E-state index contributed by atoms with van der Waals surface area (Å²) in [6, 6.07) is 9.72. The van der Waals surface area contributed by atoms with Gasteiger partial charge in [0.25, 0.3) is 0 Å². The maximum absolute atomic E-state index is 5.96. The maximum atomic E-state index is 5.96. The number of benzene rings is 1. The molecule has 2 rings (SSSR count). The van der Waals surface area contributed by atoms with Gasteiger partial charge in [-0.3, -0.25) is 4.98 Å².